The van der Waals surface area contributed by atoms with Crippen LogP contribution in [0.15, 0.2) is 6.20 Å². The Balaban J connectivity index is 1.65. The van der Waals surface area contributed by atoms with E-state index in [0.717, 1.165) is 42.2 Å². The van der Waals surface area contributed by atoms with Gasteiger partial charge in [0.05, 0.1) is 17.7 Å². The fourth-order valence-electron chi connectivity index (χ4n) is 4.49. The van der Waals surface area contributed by atoms with Gasteiger partial charge in [-0.3, -0.25) is 4.68 Å². The Morgan fingerprint density at radius 2 is 1.96 bits per heavy atom. The first-order valence-electron chi connectivity index (χ1n) is 9.80. The Hall–Kier alpha value is -1.73. The van der Waals surface area contributed by atoms with Crippen LogP contribution in [0.5, 0.6) is 0 Å². The number of hydrogen-bond acceptors (Lipinski definition) is 6. The number of piperidine rings is 1. The maximum absolute atomic E-state index is 10.7. The van der Waals surface area contributed by atoms with Gasteiger partial charge in [-0.1, -0.05) is 12.8 Å². The summed E-state index contributed by atoms with van der Waals surface area (Å²) >= 11 is 0. The highest BCUT2D eigenvalue weighted by Gasteiger charge is 2.31. The summed E-state index contributed by atoms with van der Waals surface area (Å²) in [6.07, 6.45) is 7.39. The van der Waals surface area contributed by atoms with E-state index in [9.17, 15) is 5.11 Å². The van der Waals surface area contributed by atoms with Crippen LogP contribution in [0, 0.1) is 5.92 Å². The Morgan fingerprint density at radius 3 is 2.65 bits per heavy atom. The number of anilines is 1. The van der Waals surface area contributed by atoms with Crippen molar-refractivity contribution in [3.63, 3.8) is 0 Å². The first-order valence-corrected chi connectivity index (χ1v) is 9.80. The molecule has 1 aliphatic carbocycles. The fraction of sp³-hybridized carbons (Fsp3) is 0.737. The maximum Gasteiger partial charge on any atom is 0.163 e. The molecule has 1 aliphatic heterocycles. The summed E-state index contributed by atoms with van der Waals surface area (Å²) < 4.78 is 1.84. The van der Waals surface area contributed by atoms with Crippen LogP contribution in [0.4, 0.5) is 5.82 Å². The summed E-state index contributed by atoms with van der Waals surface area (Å²) in [7, 11) is 6.07. The van der Waals surface area contributed by atoms with E-state index in [1.54, 1.807) is 0 Å². The summed E-state index contributed by atoms with van der Waals surface area (Å²) in [6.45, 7) is 2.47. The molecule has 7 nitrogen and oxygen atoms in total. The van der Waals surface area contributed by atoms with Crippen molar-refractivity contribution < 1.29 is 5.11 Å². The van der Waals surface area contributed by atoms with Gasteiger partial charge in [0.1, 0.15) is 11.6 Å². The summed E-state index contributed by atoms with van der Waals surface area (Å²) in [5.41, 5.74) is 0.904. The van der Waals surface area contributed by atoms with Crippen molar-refractivity contribution in [1.82, 2.24) is 24.6 Å². The molecular formula is C19H30N6O. The topological polar surface area (TPSA) is 70.3 Å². The summed E-state index contributed by atoms with van der Waals surface area (Å²) in [5, 5.41) is 16.1. The van der Waals surface area contributed by atoms with Crippen molar-refractivity contribution in [2.24, 2.45) is 13.0 Å². The lowest BCUT2D eigenvalue weighted by molar-refractivity contribution is 0.0765. The highest BCUT2D eigenvalue weighted by Crippen LogP contribution is 2.35. The lowest BCUT2D eigenvalue weighted by Crippen LogP contribution is -2.47. The molecule has 0 aromatic carbocycles. The van der Waals surface area contributed by atoms with E-state index >= 15 is 0 Å². The van der Waals surface area contributed by atoms with Crippen molar-refractivity contribution in [3.05, 3.63) is 12.0 Å². The van der Waals surface area contributed by atoms with Crippen LogP contribution in [0.25, 0.3) is 11.0 Å². The number of aliphatic hydroxyl groups excluding tert-OH is 1. The number of fused-ring (bicyclic) bond motifs is 1. The molecule has 2 fully saturated rings. The zero-order valence-corrected chi connectivity index (χ0v) is 16.1. The Bertz CT molecular complexity index is 767. The largest absolute Gasteiger partial charge is 0.391 e. The van der Waals surface area contributed by atoms with Crippen molar-refractivity contribution in [2.45, 2.75) is 44.1 Å². The SMILES string of the molecule is CN(C)C[C@@H]1CCN(c2nc(C3CCCC3)nc3c2cnn3C)C[C@H]1O. The average molecular weight is 358 g/mol. The first kappa shape index (κ1) is 17.7. The fourth-order valence-corrected chi connectivity index (χ4v) is 4.49. The smallest absolute Gasteiger partial charge is 0.163 e. The molecule has 0 unspecified atom stereocenters. The second-order valence-corrected chi connectivity index (χ2v) is 8.22. The Labute approximate surface area is 155 Å². The van der Waals surface area contributed by atoms with Crippen molar-refractivity contribution >= 4 is 16.9 Å². The molecule has 2 atom stereocenters. The molecule has 3 heterocycles. The molecular weight excluding hydrogens is 328 g/mol. The molecule has 2 aliphatic rings. The normalized spacial score (nSPS) is 24.9. The summed E-state index contributed by atoms with van der Waals surface area (Å²) in [4.78, 5) is 14.2. The minimum atomic E-state index is -0.331. The highest BCUT2D eigenvalue weighted by atomic mass is 16.3. The predicted octanol–water partition coefficient (Wildman–Crippen LogP) is 1.77. The molecule has 142 valence electrons. The molecule has 0 spiro atoms. The molecule has 7 heteroatoms. The van der Waals surface area contributed by atoms with Gasteiger partial charge in [0.25, 0.3) is 0 Å². The van der Waals surface area contributed by atoms with Crippen LogP contribution in [-0.2, 0) is 7.05 Å². The van der Waals surface area contributed by atoms with E-state index in [-0.39, 0.29) is 6.10 Å². The quantitative estimate of drug-likeness (QED) is 0.898. The van der Waals surface area contributed by atoms with Crippen molar-refractivity contribution in [3.8, 4) is 0 Å². The molecule has 4 rings (SSSR count). The van der Waals surface area contributed by atoms with Crippen molar-refractivity contribution in [2.75, 3.05) is 38.6 Å². The average Bonchev–Trinajstić information content (AvgIpc) is 3.26. The maximum atomic E-state index is 10.7. The van der Waals surface area contributed by atoms with Gasteiger partial charge < -0.3 is 14.9 Å². The minimum Gasteiger partial charge on any atom is -0.391 e. The van der Waals surface area contributed by atoms with E-state index in [1.807, 2.05) is 17.9 Å². The van der Waals surface area contributed by atoms with Gasteiger partial charge in [-0.15, -0.1) is 0 Å². The Morgan fingerprint density at radius 1 is 1.19 bits per heavy atom. The third-order valence-electron chi connectivity index (χ3n) is 5.93. The molecule has 1 saturated heterocycles. The third kappa shape index (κ3) is 3.30. The van der Waals surface area contributed by atoms with E-state index in [1.165, 1.54) is 25.7 Å². The lowest BCUT2D eigenvalue weighted by Gasteiger charge is -2.38. The molecule has 2 aromatic heterocycles. The van der Waals surface area contributed by atoms with Gasteiger partial charge in [-0.05, 0) is 33.4 Å². The summed E-state index contributed by atoms with van der Waals surface area (Å²) in [6, 6.07) is 0. The van der Waals surface area contributed by atoms with Crippen LogP contribution >= 0.6 is 0 Å². The number of aliphatic hydroxyl groups is 1. The van der Waals surface area contributed by atoms with Crippen molar-refractivity contribution in [1.29, 1.82) is 0 Å². The monoisotopic (exact) mass is 358 g/mol. The van der Waals surface area contributed by atoms with E-state index in [4.69, 9.17) is 9.97 Å². The lowest BCUT2D eigenvalue weighted by atomic mass is 9.93. The molecule has 2 aromatic rings. The van der Waals surface area contributed by atoms with Gasteiger partial charge in [0, 0.05) is 38.5 Å². The van der Waals surface area contributed by atoms with Gasteiger partial charge >= 0.3 is 0 Å². The van der Waals surface area contributed by atoms with E-state index in [0.29, 0.717) is 18.4 Å². The van der Waals surface area contributed by atoms with Crippen LogP contribution in [0.1, 0.15) is 43.8 Å². The van der Waals surface area contributed by atoms with E-state index in [2.05, 4.69) is 29.0 Å². The standard InChI is InChI=1S/C19H30N6O/c1-23(2)11-14-8-9-25(12-16(14)26)19-15-10-20-24(3)18(15)21-17(22-19)13-6-4-5-7-13/h10,13-14,16,26H,4-9,11-12H2,1-3H3/t14-,16+/m0/s1. The molecule has 26 heavy (non-hydrogen) atoms. The number of aromatic nitrogens is 4. The second kappa shape index (κ2) is 7.12. The molecule has 1 saturated carbocycles. The van der Waals surface area contributed by atoms with Gasteiger partial charge in [0.15, 0.2) is 5.65 Å². The van der Waals surface area contributed by atoms with Gasteiger partial charge in [-0.25, -0.2) is 9.97 Å². The van der Waals surface area contributed by atoms with Crippen LogP contribution in [0.3, 0.4) is 0 Å². The molecule has 0 radical (unpaired) electrons. The summed E-state index contributed by atoms with van der Waals surface area (Å²) in [5.74, 6) is 2.69. The zero-order chi connectivity index (χ0) is 18.3. The van der Waals surface area contributed by atoms with Crippen LogP contribution in [0.2, 0.25) is 0 Å². The first-order chi connectivity index (χ1) is 12.5. The molecule has 0 amide bonds. The predicted molar refractivity (Wildman–Crippen MR) is 102 cm³/mol. The van der Waals surface area contributed by atoms with Crippen LogP contribution in [-0.4, -0.2) is 69.6 Å². The number of rotatable bonds is 4. The Kier molecular flexibility index (Phi) is 4.84. The third-order valence-corrected chi connectivity index (χ3v) is 5.93. The second-order valence-electron chi connectivity index (χ2n) is 8.22. The number of hydrogen-bond donors (Lipinski definition) is 1. The van der Waals surface area contributed by atoms with Gasteiger partial charge in [0.2, 0.25) is 0 Å². The van der Waals surface area contributed by atoms with Crippen LogP contribution < -0.4 is 4.90 Å². The molecule has 0 bridgehead atoms. The highest BCUT2D eigenvalue weighted by molar-refractivity contribution is 5.87. The van der Waals surface area contributed by atoms with E-state index < -0.39 is 0 Å². The number of nitrogens with zero attached hydrogens (tertiary/aromatic N) is 6. The zero-order valence-electron chi connectivity index (χ0n) is 16.1. The number of β-amino-alcohol motifs (C(OH)–C–C–N with tert-alkyl or cyclic N) is 1. The van der Waals surface area contributed by atoms with Gasteiger partial charge in [-0.2, -0.15) is 5.10 Å². The minimum absolute atomic E-state index is 0.321. The molecule has 1 N–H and O–H groups in total. The number of aryl methyl sites for hydroxylation is 1.